The third-order valence-electron chi connectivity index (χ3n) is 5.49. The van der Waals surface area contributed by atoms with Gasteiger partial charge in [0.15, 0.2) is 11.5 Å². The second kappa shape index (κ2) is 9.56. The first-order chi connectivity index (χ1) is 17.4. The molecule has 0 saturated heterocycles. The lowest BCUT2D eigenvalue weighted by Crippen LogP contribution is -2.28. The Bertz CT molecular complexity index is 1520. The van der Waals surface area contributed by atoms with Crippen molar-refractivity contribution in [2.75, 3.05) is 38.5 Å². The minimum Gasteiger partial charge on any atom is -0.493 e. The Morgan fingerprint density at radius 2 is 1.54 bits per heavy atom. The highest BCUT2D eigenvalue weighted by Gasteiger charge is 2.42. The Labute approximate surface area is 209 Å². The van der Waals surface area contributed by atoms with Gasteiger partial charge in [-0.15, -0.1) is 0 Å². The van der Waals surface area contributed by atoms with Gasteiger partial charge in [-0.3, -0.25) is 5.32 Å². The van der Waals surface area contributed by atoms with Crippen LogP contribution < -0.4 is 24.4 Å². The number of alkyl halides is 3. The molecule has 0 radical (unpaired) electrons. The van der Waals surface area contributed by atoms with Crippen molar-refractivity contribution in [3.8, 4) is 17.4 Å². The number of aromatic nitrogens is 4. The first kappa shape index (κ1) is 25.7. The Kier molecular flexibility index (Phi) is 6.63. The molecule has 0 fully saturated rings. The maximum atomic E-state index is 13.0. The Morgan fingerprint density at radius 3 is 2.16 bits per heavy atom. The largest absolute Gasteiger partial charge is 0.493 e. The summed E-state index contributed by atoms with van der Waals surface area (Å²) in [6, 6.07) is 6.74. The van der Waals surface area contributed by atoms with Crippen molar-refractivity contribution in [2.45, 2.75) is 20.0 Å². The summed E-state index contributed by atoms with van der Waals surface area (Å²) in [7, 11) is 6.54. The SMILES string of the molecule is COc1cc2nc(Nc3nc(OC(=O)C(F)(F)F)c4cc(N(C)C)cc(C)c4n3)nc(C)c2cc1OC. The smallest absolute Gasteiger partial charge is 0.491 e. The molecule has 13 heteroatoms. The number of aryl methyl sites for hydroxylation is 2. The van der Waals surface area contributed by atoms with Gasteiger partial charge in [-0.05, 0) is 37.6 Å². The van der Waals surface area contributed by atoms with Gasteiger partial charge in [0, 0.05) is 31.2 Å². The van der Waals surface area contributed by atoms with Crippen LogP contribution in [-0.4, -0.2) is 60.4 Å². The van der Waals surface area contributed by atoms with E-state index in [9.17, 15) is 18.0 Å². The molecular weight excluding hydrogens is 493 g/mol. The predicted octanol–water partition coefficient (Wildman–Crippen LogP) is 4.48. The van der Waals surface area contributed by atoms with Crippen molar-refractivity contribution in [2.24, 2.45) is 0 Å². The van der Waals surface area contributed by atoms with Crippen LogP contribution in [0, 0.1) is 13.8 Å². The lowest BCUT2D eigenvalue weighted by Gasteiger charge is -2.17. The third kappa shape index (κ3) is 5.10. The Balaban J connectivity index is 1.84. The van der Waals surface area contributed by atoms with Crippen molar-refractivity contribution in [3.63, 3.8) is 0 Å². The fourth-order valence-electron chi connectivity index (χ4n) is 3.66. The highest BCUT2D eigenvalue weighted by Crippen LogP contribution is 2.34. The van der Waals surface area contributed by atoms with E-state index in [2.05, 4.69) is 30.0 Å². The van der Waals surface area contributed by atoms with Gasteiger partial charge in [-0.1, -0.05) is 0 Å². The number of carbonyl (C=O) groups is 1. The van der Waals surface area contributed by atoms with E-state index >= 15 is 0 Å². The number of rotatable bonds is 6. The molecule has 2 aromatic heterocycles. The molecule has 0 aliphatic heterocycles. The maximum absolute atomic E-state index is 13.0. The van der Waals surface area contributed by atoms with Crippen molar-refractivity contribution in [1.82, 2.24) is 19.9 Å². The van der Waals surface area contributed by atoms with Gasteiger partial charge in [0.05, 0.1) is 36.3 Å². The lowest BCUT2D eigenvalue weighted by molar-refractivity contribution is -0.189. The molecule has 194 valence electrons. The lowest BCUT2D eigenvalue weighted by atomic mass is 10.1. The number of methoxy groups -OCH3 is 2. The number of benzene rings is 2. The van der Waals surface area contributed by atoms with Crippen LogP contribution in [0.1, 0.15) is 11.3 Å². The van der Waals surface area contributed by atoms with E-state index in [1.807, 2.05) is 0 Å². The average Bonchev–Trinajstić information content (AvgIpc) is 2.83. The highest BCUT2D eigenvalue weighted by molar-refractivity contribution is 5.93. The van der Waals surface area contributed by atoms with Crippen molar-refractivity contribution in [3.05, 3.63) is 35.5 Å². The molecule has 0 bridgehead atoms. The first-order valence-corrected chi connectivity index (χ1v) is 10.9. The minimum atomic E-state index is -5.21. The molecular formula is C24H23F3N6O4. The maximum Gasteiger partial charge on any atom is 0.491 e. The second-order valence-corrected chi connectivity index (χ2v) is 8.27. The van der Waals surface area contributed by atoms with Crippen LogP contribution in [0.4, 0.5) is 30.8 Å². The van der Waals surface area contributed by atoms with Crippen LogP contribution in [0.5, 0.6) is 17.4 Å². The Morgan fingerprint density at radius 1 is 0.892 bits per heavy atom. The second-order valence-electron chi connectivity index (χ2n) is 8.27. The number of esters is 1. The van der Waals surface area contributed by atoms with E-state index in [1.54, 1.807) is 57.1 Å². The molecule has 2 aromatic carbocycles. The third-order valence-corrected chi connectivity index (χ3v) is 5.49. The molecule has 37 heavy (non-hydrogen) atoms. The number of hydrogen-bond acceptors (Lipinski definition) is 10. The van der Waals surface area contributed by atoms with E-state index in [0.29, 0.717) is 39.3 Å². The van der Waals surface area contributed by atoms with Crippen LogP contribution in [-0.2, 0) is 4.79 Å². The molecule has 0 aliphatic rings. The Hall–Kier alpha value is -4.42. The molecule has 0 amide bonds. The summed E-state index contributed by atoms with van der Waals surface area (Å²) in [4.78, 5) is 30.8. The van der Waals surface area contributed by atoms with Crippen LogP contribution in [0.3, 0.4) is 0 Å². The zero-order valence-corrected chi connectivity index (χ0v) is 20.8. The van der Waals surface area contributed by atoms with Gasteiger partial charge < -0.3 is 19.1 Å². The molecule has 2 heterocycles. The number of ether oxygens (including phenoxy) is 3. The summed E-state index contributed by atoms with van der Waals surface area (Å²) in [6.45, 7) is 3.49. The molecule has 4 rings (SSSR count). The summed E-state index contributed by atoms with van der Waals surface area (Å²) in [5.74, 6) is -2.07. The minimum absolute atomic E-state index is 0.0761. The quantitative estimate of drug-likeness (QED) is 0.368. The summed E-state index contributed by atoms with van der Waals surface area (Å²) in [5, 5.41) is 3.65. The summed E-state index contributed by atoms with van der Waals surface area (Å²) in [6.07, 6.45) is -5.21. The average molecular weight is 516 g/mol. The zero-order chi connectivity index (χ0) is 27.1. The number of halogens is 3. The van der Waals surface area contributed by atoms with Crippen molar-refractivity contribution >= 4 is 45.4 Å². The molecule has 10 nitrogen and oxygen atoms in total. The van der Waals surface area contributed by atoms with Crippen LogP contribution >= 0.6 is 0 Å². The van der Waals surface area contributed by atoms with Gasteiger partial charge >= 0.3 is 12.1 Å². The van der Waals surface area contributed by atoms with Crippen LogP contribution in [0.2, 0.25) is 0 Å². The zero-order valence-electron chi connectivity index (χ0n) is 20.8. The number of anilines is 3. The summed E-state index contributed by atoms with van der Waals surface area (Å²) >= 11 is 0. The molecule has 0 unspecified atom stereocenters. The van der Waals surface area contributed by atoms with Gasteiger partial charge in [0.25, 0.3) is 0 Å². The van der Waals surface area contributed by atoms with Gasteiger partial charge in [0.1, 0.15) is 0 Å². The fraction of sp³-hybridized carbons (Fsp3) is 0.292. The normalized spacial score (nSPS) is 11.5. The standard InChI is InChI=1S/C24H23F3N6O4/c1-11-7-13(33(3)4)8-15-19(11)30-23(31-20(15)37-21(34)24(25,26)27)32-22-28-12(2)14-9-17(35-5)18(36-6)10-16(14)29-22/h7-10H,1-6H3,(H,28,29,30,31,32). The predicted molar refractivity (Wildman–Crippen MR) is 131 cm³/mol. The van der Waals surface area contributed by atoms with Crippen LogP contribution in [0.15, 0.2) is 24.3 Å². The van der Waals surface area contributed by atoms with E-state index in [-0.39, 0.29) is 22.8 Å². The molecule has 4 aromatic rings. The number of fused-ring (bicyclic) bond motifs is 2. The highest BCUT2D eigenvalue weighted by atomic mass is 19.4. The summed E-state index contributed by atoms with van der Waals surface area (Å²) in [5.41, 5.74) is 2.69. The van der Waals surface area contributed by atoms with Gasteiger partial charge in [0.2, 0.25) is 17.8 Å². The number of nitrogens with zero attached hydrogens (tertiary/aromatic N) is 5. The van der Waals surface area contributed by atoms with Gasteiger partial charge in [-0.25, -0.2) is 19.7 Å². The van der Waals surface area contributed by atoms with Crippen molar-refractivity contribution < 1.29 is 32.2 Å². The number of hydrogen-bond donors (Lipinski definition) is 1. The monoisotopic (exact) mass is 516 g/mol. The van der Waals surface area contributed by atoms with Crippen molar-refractivity contribution in [1.29, 1.82) is 0 Å². The van der Waals surface area contributed by atoms with E-state index in [0.717, 1.165) is 0 Å². The fourth-order valence-corrected chi connectivity index (χ4v) is 3.66. The molecule has 0 aliphatic carbocycles. The summed E-state index contributed by atoms with van der Waals surface area (Å²) < 4.78 is 54.3. The van der Waals surface area contributed by atoms with Crippen LogP contribution in [0.25, 0.3) is 21.8 Å². The molecule has 1 N–H and O–H groups in total. The van der Waals surface area contributed by atoms with E-state index in [1.165, 1.54) is 14.2 Å². The first-order valence-electron chi connectivity index (χ1n) is 10.9. The molecule has 0 spiro atoms. The number of nitrogens with one attached hydrogen (secondary N) is 1. The topological polar surface area (TPSA) is 112 Å². The van der Waals surface area contributed by atoms with E-state index in [4.69, 9.17) is 9.47 Å². The molecule has 0 saturated carbocycles. The van der Waals surface area contributed by atoms with Gasteiger partial charge in [-0.2, -0.15) is 18.2 Å². The molecule has 0 atom stereocenters. The van der Waals surface area contributed by atoms with E-state index < -0.39 is 18.0 Å². The number of carbonyl (C=O) groups excluding carboxylic acids is 1.